The lowest BCUT2D eigenvalue weighted by atomic mass is 9.87. The van der Waals surface area contributed by atoms with Crippen molar-refractivity contribution in [1.82, 2.24) is 30.2 Å². The molecular weight excluding hydrogens is 983 g/mol. The molecule has 4 rings (SSSR count). The van der Waals surface area contributed by atoms with E-state index in [2.05, 4.69) is 34.4 Å². The van der Waals surface area contributed by atoms with E-state index in [0.29, 0.717) is 19.3 Å². The van der Waals surface area contributed by atoms with Crippen molar-refractivity contribution in [2.45, 2.75) is 121 Å². The lowest BCUT2D eigenvalue weighted by molar-refractivity contribution is -0.261. The second kappa shape index (κ2) is 25.0. The van der Waals surface area contributed by atoms with E-state index in [4.69, 9.17) is 29.0 Å². The van der Waals surface area contributed by atoms with E-state index in [-0.39, 0.29) is 66.8 Å². The fourth-order valence-corrected chi connectivity index (χ4v) is 9.99. The highest BCUT2D eigenvalue weighted by Gasteiger charge is 2.50. The van der Waals surface area contributed by atoms with Crippen molar-refractivity contribution < 1.29 is 105 Å². The average molecular weight is 1040 g/mol. The second-order valence-corrected chi connectivity index (χ2v) is 21.5. The molecule has 2 fully saturated rings. The molecule has 2 aromatic rings. The summed E-state index contributed by atoms with van der Waals surface area (Å²) in [6.07, 6.45) is -9.60. The number of aliphatic hydroxyl groups is 5. The number of unbranched alkanes of at least 4 members (excludes halogenated alkanes) is 1. The third-order valence-electron chi connectivity index (χ3n) is 10.1. The summed E-state index contributed by atoms with van der Waals surface area (Å²) in [4.78, 5) is 88.3. The summed E-state index contributed by atoms with van der Waals surface area (Å²) in [5.74, 6) is -1.38. The molecule has 2 aliphatic heterocycles. The molecule has 0 bridgehead atoms. The maximum atomic E-state index is 12.7. The van der Waals surface area contributed by atoms with Crippen LogP contribution in [0.4, 0.5) is 5.82 Å². The number of rotatable bonds is 27. The number of anilines is 1. The van der Waals surface area contributed by atoms with Gasteiger partial charge in [-0.25, -0.2) is 28.6 Å². The van der Waals surface area contributed by atoms with E-state index in [1.54, 1.807) is 6.92 Å². The number of phosphoric ester groups is 3. The van der Waals surface area contributed by atoms with Gasteiger partial charge in [-0.3, -0.25) is 32.5 Å². The number of phosphoric acid groups is 3. The number of aliphatic hydroxyl groups excluding tert-OH is 5. The Hall–Kier alpha value is -2.64. The first-order chi connectivity index (χ1) is 31.2. The molecule has 33 heteroatoms. The minimum Gasteiger partial charge on any atom is -0.393 e. The number of nitrogens with one attached hydrogen (secondary N) is 2. The number of carbonyl (C=O) groups is 3. The van der Waals surface area contributed by atoms with Crippen LogP contribution >= 0.6 is 35.2 Å². The van der Waals surface area contributed by atoms with Crippen molar-refractivity contribution in [3.8, 4) is 0 Å². The van der Waals surface area contributed by atoms with E-state index in [1.165, 1.54) is 13.8 Å². The minimum absolute atomic E-state index is 0.0175. The Morgan fingerprint density at radius 1 is 0.985 bits per heavy atom. The van der Waals surface area contributed by atoms with Crippen molar-refractivity contribution >= 4 is 69.1 Å². The number of fused-ring (bicyclic) bond motifs is 1. The highest BCUT2D eigenvalue weighted by atomic mass is 32.2. The number of hydrogen-bond donors (Lipinski definition) is 12. The minimum atomic E-state index is -5.60. The first kappa shape index (κ1) is 56.9. The molecule has 0 spiro atoms. The molecule has 13 N–H and O–H groups in total. The summed E-state index contributed by atoms with van der Waals surface area (Å²) in [5, 5.41) is 56.0. The summed E-state index contributed by atoms with van der Waals surface area (Å²) < 4.78 is 73.2. The molecule has 382 valence electrons. The van der Waals surface area contributed by atoms with Crippen LogP contribution in [0.5, 0.6) is 0 Å². The van der Waals surface area contributed by atoms with Gasteiger partial charge < -0.3 is 75.7 Å². The first-order valence-corrected chi connectivity index (χ1v) is 26.0. The summed E-state index contributed by atoms with van der Waals surface area (Å²) in [5.41, 5.74) is 4.20. The Morgan fingerprint density at radius 2 is 1.69 bits per heavy atom. The van der Waals surface area contributed by atoms with Gasteiger partial charge in [0.05, 0.1) is 37.9 Å². The Balaban J connectivity index is 1.11. The van der Waals surface area contributed by atoms with Gasteiger partial charge in [-0.2, -0.15) is 4.31 Å². The summed E-state index contributed by atoms with van der Waals surface area (Å²) >= 11 is 0.912. The van der Waals surface area contributed by atoms with Crippen molar-refractivity contribution in [3.05, 3.63) is 12.7 Å². The van der Waals surface area contributed by atoms with E-state index in [0.717, 1.165) is 29.0 Å². The molecule has 2 amide bonds. The van der Waals surface area contributed by atoms with E-state index in [1.807, 2.05) is 0 Å². The van der Waals surface area contributed by atoms with Crippen LogP contribution in [0.15, 0.2) is 12.7 Å². The maximum absolute atomic E-state index is 12.7. The maximum Gasteiger partial charge on any atom is 0.481 e. The molecule has 4 heterocycles. The number of amides is 2. The Kier molecular flexibility index (Phi) is 21.2. The molecule has 2 aromatic heterocycles. The van der Waals surface area contributed by atoms with Crippen LogP contribution < -0.4 is 16.4 Å². The summed E-state index contributed by atoms with van der Waals surface area (Å²) in [6, 6.07) is 0. The molecule has 2 aliphatic rings. The predicted octanol–water partition coefficient (Wildman–Crippen LogP) is -1.54. The van der Waals surface area contributed by atoms with Gasteiger partial charge in [-0.1, -0.05) is 25.6 Å². The van der Waals surface area contributed by atoms with Gasteiger partial charge in [-0.15, -0.1) is 0 Å². The van der Waals surface area contributed by atoms with Crippen LogP contribution in [0, 0.1) is 5.41 Å². The number of nitrogen functional groups attached to an aromatic ring is 1. The monoisotopic (exact) mass is 1040 g/mol. The topological polar surface area (TPSA) is 443 Å². The number of thioether (sulfide) groups is 1. The Labute approximate surface area is 386 Å². The van der Waals surface area contributed by atoms with Crippen molar-refractivity contribution in [2.75, 3.05) is 44.4 Å². The fraction of sp³-hybridized carbons (Fsp3) is 0.765. The first-order valence-electron chi connectivity index (χ1n) is 20.5. The lowest BCUT2D eigenvalue weighted by Gasteiger charge is -2.35. The zero-order valence-corrected chi connectivity index (χ0v) is 39.9. The number of ether oxygens (including phenoxy) is 3. The third kappa shape index (κ3) is 17.9. The molecule has 0 aromatic carbocycles. The Morgan fingerprint density at radius 3 is 2.39 bits per heavy atom. The van der Waals surface area contributed by atoms with E-state index < -0.39 is 115 Å². The van der Waals surface area contributed by atoms with Gasteiger partial charge in [0, 0.05) is 50.1 Å². The molecule has 12 atom stereocenters. The second-order valence-electron chi connectivity index (χ2n) is 16.1. The number of carbonyl (C=O) groups excluding carboxylic acids is 3. The fourth-order valence-electron chi connectivity index (χ4n) is 6.42. The highest BCUT2D eigenvalue weighted by molar-refractivity contribution is 8.13. The van der Waals surface area contributed by atoms with E-state index >= 15 is 0 Å². The molecule has 67 heavy (non-hydrogen) atoms. The average Bonchev–Trinajstić information content (AvgIpc) is 3.79. The van der Waals surface area contributed by atoms with Gasteiger partial charge in [0.25, 0.3) is 0 Å². The molecular formula is C34H58N7O22P3S. The van der Waals surface area contributed by atoms with Gasteiger partial charge >= 0.3 is 23.5 Å². The van der Waals surface area contributed by atoms with Crippen LogP contribution in [-0.2, 0) is 60.2 Å². The van der Waals surface area contributed by atoms with Crippen LogP contribution in [-0.4, -0.2) is 175 Å². The smallest absolute Gasteiger partial charge is 0.393 e. The molecule has 0 saturated carbocycles. The predicted molar refractivity (Wildman–Crippen MR) is 228 cm³/mol. The SMILES string of the molecule is C[C@@H]1O[C@@H](OCCCC[C@@H](O)CC(=O)SCCNC(=O)CCNC(=O)[C@H](O)C(C)(C)COP(=O)(O)OP(=O)(O)OC[C@H]2O[C@@H](n3cnc4c(N)ncnc43)[C@H](O)[C@@H]2OP(=O)(O)O)[C@H](O)C[C@H]1O. The van der Waals surface area contributed by atoms with Crippen molar-refractivity contribution in [1.29, 1.82) is 0 Å². The van der Waals surface area contributed by atoms with Crippen LogP contribution in [0.2, 0.25) is 0 Å². The van der Waals surface area contributed by atoms with Crippen molar-refractivity contribution in [3.63, 3.8) is 0 Å². The lowest BCUT2D eigenvalue weighted by Crippen LogP contribution is -2.47. The quantitative estimate of drug-likeness (QED) is 0.0356. The number of aromatic nitrogens is 4. The van der Waals surface area contributed by atoms with E-state index in [9.17, 15) is 73.2 Å². The largest absolute Gasteiger partial charge is 0.481 e. The van der Waals surface area contributed by atoms with Gasteiger partial charge in [0.2, 0.25) is 11.8 Å². The molecule has 0 aliphatic carbocycles. The van der Waals surface area contributed by atoms with Crippen LogP contribution in [0.25, 0.3) is 11.2 Å². The third-order valence-corrected chi connectivity index (χ3v) is 14.1. The Bertz CT molecular complexity index is 2120. The van der Waals surface area contributed by atoms with Crippen LogP contribution in [0.3, 0.4) is 0 Å². The summed E-state index contributed by atoms with van der Waals surface area (Å²) in [7, 11) is -16.5. The van der Waals surface area contributed by atoms with Crippen molar-refractivity contribution in [2.24, 2.45) is 5.41 Å². The number of nitrogens with two attached hydrogens (primary N) is 1. The zero-order valence-electron chi connectivity index (χ0n) is 36.4. The van der Waals surface area contributed by atoms with Gasteiger partial charge in [0.15, 0.2) is 29.1 Å². The summed E-state index contributed by atoms with van der Waals surface area (Å²) in [6.45, 7) is 2.15. The van der Waals surface area contributed by atoms with Crippen LogP contribution in [0.1, 0.15) is 65.5 Å². The zero-order chi connectivity index (χ0) is 49.9. The number of imidazole rings is 1. The van der Waals surface area contributed by atoms with Gasteiger partial charge in [0.1, 0.15) is 42.4 Å². The molecule has 0 radical (unpaired) electrons. The molecule has 2 unspecified atom stereocenters. The number of nitrogens with zero attached hydrogens (tertiary/aromatic N) is 4. The number of hydrogen-bond acceptors (Lipinski definition) is 23. The van der Waals surface area contributed by atoms with Gasteiger partial charge in [-0.05, 0) is 26.2 Å². The molecule has 2 saturated heterocycles. The highest BCUT2D eigenvalue weighted by Crippen LogP contribution is 2.61. The standard InChI is InChI=1S/C34H58N7O22P3S/c1-18-20(43)13-21(44)33(60-18)57-10-5-4-6-19(42)12-24(46)67-11-9-36-23(45)7-8-37-31(49)28(48)34(2,3)15-59-66(55,56)63-65(53,54)58-14-22-27(62-64(50,51)52)26(47)32(61-22)41-17-40-25-29(35)38-16-39-30(25)41/h16-22,26-28,32-33,42-44,47-48H,4-15H2,1-3H3,(H,36,45)(H,37,49)(H,53,54)(H,55,56)(H2,35,38,39)(H2,50,51,52)/t18-,19+,20+,21+,22+,26+,27+,28-,32+,33+/m0/s1. The molecule has 29 nitrogen and oxygen atoms in total. The normalized spacial score (nSPS) is 26.4.